The first-order chi connectivity index (χ1) is 16.3. The number of hydrogen-bond donors (Lipinski definition) is 2. The van der Waals surface area contributed by atoms with Gasteiger partial charge in [-0.05, 0) is 44.0 Å². The number of nitrogens with one attached hydrogen (secondary N) is 2. The van der Waals surface area contributed by atoms with Crippen molar-refractivity contribution < 1.29 is 18.8 Å². The van der Waals surface area contributed by atoms with Crippen LogP contribution in [0.5, 0.6) is 0 Å². The smallest absolute Gasteiger partial charge is 0.272 e. The average molecular weight is 464 g/mol. The Morgan fingerprint density at radius 2 is 1.91 bits per heavy atom. The van der Waals surface area contributed by atoms with Gasteiger partial charge >= 0.3 is 0 Å². The van der Waals surface area contributed by atoms with Crippen molar-refractivity contribution in [1.29, 1.82) is 0 Å². The summed E-state index contributed by atoms with van der Waals surface area (Å²) in [4.78, 5) is 40.0. The molecule has 1 unspecified atom stereocenters. The maximum absolute atomic E-state index is 13.3. The molecule has 8 nitrogen and oxygen atoms in total. The number of amides is 3. The summed E-state index contributed by atoms with van der Waals surface area (Å²) in [5.74, 6) is -1.74. The van der Waals surface area contributed by atoms with Crippen molar-refractivity contribution in [3.8, 4) is 0 Å². The molecular weight excluding hydrogens is 437 g/mol. The van der Waals surface area contributed by atoms with E-state index < -0.39 is 23.7 Å². The first kappa shape index (κ1) is 23.2. The zero-order valence-electron chi connectivity index (χ0n) is 19.0. The molecule has 3 amide bonds. The molecule has 0 fully saturated rings. The second-order valence-corrected chi connectivity index (χ2v) is 8.40. The van der Waals surface area contributed by atoms with Crippen molar-refractivity contribution >= 4 is 23.4 Å². The number of aryl methyl sites for hydroxylation is 2. The SMILES string of the molecule is Cc1cccc(CN2CCCn3nc(C(=O)NC(C)C(=O)Nc4cccc(F)c4)cc3C2=O)c1. The van der Waals surface area contributed by atoms with Crippen molar-refractivity contribution in [3.63, 3.8) is 0 Å². The van der Waals surface area contributed by atoms with Crippen LogP contribution in [0.15, 0.2) is 54.6 Å². The molecule has 0 radical (unpaired) electrons. The standard InChI is InChI=1S/C25H26FN5O3/c1-16-6-3-7-18(12-16)15-30-10-5-11-31-22(25(30)34)14-21(29-31)24(33)27-17(2)23(32)28-20-9-4-8-19(26)13-20/h3-4,6-9,12-14,17H,5,10-11,15H2,1-2H3,(H,27,33)(H,28,32). The van der Waals surface area contributed by atoms with E-state index in [4.69, 9.17) is 0 Å². The Morgan fingerprint density at radius 1 is 1.12 bits per heavy atom. The van der Waals surface area contributed by atoms with E-state index in [1.807, 2.05) is 31.2 Å². The lowest BCUT2D eigenvalue weighted by Crippen LogP contribution is -2.41. The predicted octanol–water partition coefficient (Wildman–Crippen LogP) is 3.13. The van der Waals surface area contributed by atoms with Crippen molar-refractivity contribution in [2.45, 2.75) is 39.4 Å². The first-order valence-corrected chi connectivity index (χ1v) is 11.1. The number of carbonyl (C=O) groups excluding carboxylic acids is 3. The molecule has 2 heterocycles. The number of fused-ring (bicyclic) bond motifs is 1. The molecule has 0 saturated carbocycles. The molecule has 0 aliphatic carbocycles. The molecule has 1 aliphatic heterocycles. The molecule has 34 heavy (non-hydrogen) atoms. The van der Waals surface area contributed by atoms with Gasteiger partial charge in [0.25, 0.3) is 11.8 Å². The Labute approximate surface area is 196 Å². The third-order valence-electron chi connectivity index (χ3n) is 5.61. The van der Waals surface area contributed by atoms with E-state index in [0.29, 0.717) is 37.4 Å². The summed E-state index contributed by atoms with van der Waals surface area (Å²) >= 11 is 0. The maximum Gasteiger partial charge on any atom is 0.272 e. The number of nitrogens with zero attached hydrogens (tertiary/aromatic N) is 3. The van der Waals surface area contributed by atoms with Gasteiger partial charge < -0.3 is 15.5 Å². The second-order valence-electron chi connectivity index (χ2n) is 8.40. The summed E-state index contributed by atoms with van der Waals surface area (Å²) in [5.41, 5.74) is 2.86. The molecule has 2 aromatic carbocycles. The number of rotatable bonds is 6. The van der Waals surface area contributed by atoms with Crippen LogP contribution < -0.4 is 10.6 Å². The highest BCUT2D eigenvalue weighted by molar-refractivity contribution is 6.01. The van der Waals surface area contributed by atoms with Crippen LogP contribution in [0.3, 0.4) is 0 Å². The van der Waals surface area contributed by atoms with Crippen molar-refractivity contribution in [3.05, 3.63) is 82.9 Å². The van der Waals surface area contributed by atoms with Gasteiger partial charge in [0.2, 0.25) is 5.91 Å². The Morgan fingerprint density at radius 3 is 2.68 bits per heavy atom. The Bertz CT molecular complexity index is 1240. The Balaban J connectivity index is 1.43. The summed E-state index contributed by atoms with van der Waals surface area (Å²) in [5, 5.41) is 9.44. The molecule has 0 spiro atoms. The minimum Gasteiger partial charge on any atom is -0.339 e. The predicted molar refractivity (Wildman–Crippen MR) is 125 cm³/mol. The van der Waals surface area contributed by atoms with Gasteiger partial charge in [0.1, 0.15) is 17.6 Å². The van der Waals surface area contributed by atoms with Crippen LogP contribution >= 0.6 is 0 Å². The van der Waals surface area contributed by atoms with Crippen LogP contribution in [0.2, 0.25) is 0 Å². The zero-order chi connectivity index (χ0) is 24.2. The number of hydrogen-bond acceptors (Lipinski definition) is 4. The van der Waals surface area contributed by atoms with Gasteiger partial charge in [-0.1, -0.05) is 35.9 Å². The largest absolute Gasteiger partial charge is 0.339 e. The summed E-state index contributed by atoms with van der Waals surface area (Å²) in [6.45, 7) is 5.10. The fourth-order valence-corrected chi connectivity index (χ4v) is 3.88. The van der Waals surface area contributed by atoms with Crippen molar-refractivity contribution in [2.75, 3.05) is 11.9 Å². The summed E-state index contributed by atoms with van der Waals surface area (Å²) in [7, 11) is 0. The number of aromatic nitrogens is 2. The molecule has 1 aliphatic rings. The zero-order valence-corrected chi connectivity index (χ0v) is 19.0. The molecule has 176 valence electrons. The van der Waals surface area contributed by atoms with Gasteiger partial charge in [-0.15, -0.1) is 0 Å². The van der Waals surface area contributed by atoms with Crippen LogP contribution in [-0.4, -0.2) is 45.0 Å². The van der Waals surface area contributed by atoms with Crippen molar-refractivity contribution in [1.82, 2.24) is 20.0 Å². The molecular formula is C25H26FN5O3. The number of halogens is 1. The topological polar surface area (TPSA) is 96.3 Å². The Hall–Kier alpha value is -4.01. The first-order valence-electron chi connectivity index (χ1n) is 11.1. The van der Waals surface area contributed by atoms with Gasteiger partial charge in [0.15, 0.2) is 5.69 Å². The molecule has 1 atom stereocenters. The van der Waals surface area contributed by atoms with Crippen molar-refractivity contribution in [2.24, 2.45) is 0 Å². The molecule has 0 saturated heterocycles. The van der Waals surface area contributed by atoms with Crippen LogP contribution in [0.25, 0.3) is 0 Å². The third kappa shape index (κ3) is 5.31. The fourth-order valence-electron chi connectivity index (χ4n) is 3.88. The molecule has 3 aromatic rings. The van der Waals surface area contributed by atoms with E-state index in [2.05, 4.69) is 15.7 Å². The quantitative estimate of drug-likeness (QED) is 0.587. The van der Waals surface area contributed by atoms with Gasteiger partial charge in [-0.3, -0.25) is 19.1 Å². The van der Waals surface area contributed by atoms with Gasteiger partial charge in [-0.25, -0.2) is 4.39 Å². The van der Waals surface area contributed by atoms with Gasteiger partial charge in [0.05, 0.1) is 0 Å². The van der Waals surface area contributed by atoms with E-state index in [0.717, 1.165) is 11.1 Å². The Kier molecular flexibility index (Phi) is 6.72. The monoisotopic (exact) mass is 463 g/mol. The fraction of sp³-hybridized carbons (Fsp3) is 0.280. The highest BCUT2D eigenvalue weighted by Gasteiger charge is 2.27. The normalized spacial score (nSPS) is 14.2. The highest BCUT2D eigenvalue weighted by atomic mass is 19.1. The molecule has 4 rings (SSSR count). The molecule has 1 aromatic heterocycles. The van der Waals surface area contributed by atoms with Gasteiger partial charge in [-0.2, -0.15) is 5.10 Å². The van der Waals surface area contributed by atoms with E-state index in [1.165, 1.54) is 31.2 Å². The van der Waals surface area contributed by atoms with Crippen LogP contribution in [-0.2, 0) is 17.9 Å². The lowest BCUT2D eigenvalue weighted by atomic mass is 10.1. The highest BCUT2D eigenvalue weighted by Crippen LogP contribution is 2.17. The van der Waals surface area contributed by atoms with Gasteiger partial charge in [0, 0.05) is 31.4 Å². The third-order valence-corrected chi connectivity index (χ3v) is 5.61. The van der Waals surface area contributed by atoms with E-state index in [-0.39, 0.29) is 11.6 Å². The molecule has 2 N–H and O–H groups in total. The summed E-state index contributed by atoms with van der Waals surface area (Å²) in [6, 6.07) is 14.1. The van der Waals surface area contributed by atoms with E-state index >= 15 is 0 Å². The van der Waals surface area contributed by atoms with E-state index in [1.54, 1.807) is 15.6 Å². The minimum absolute atomic E-state index is 0.0613. The van der Waals surface area contributed by atoms with Crippen LogP contribution in [0, 0.1) is 12.7 Å². The average Bonchev–Trinajstić information content (AvgIpc) is 3.16. The number of benzene rings is 2. The van der Waals surface area contributed by atoms with E-state index in [9.17, 15) is 18.8 Å². The molecule has 0 bridgehead atoms. The van der Waals surface area contributed by atoms with Crippen LogP contribution in [0.4, 0.5) is 10.1 Å². The minimum atomic E-state index is -0.897. The maximum atomic E-state index is 13.3. The second kappa shape index (κ2) is 9.86. The molecule has 9 heteroatoms. The lowest BCUT2D eigenvalue weighted by Gasteiger charge is -2.20. The number of anilines is 1. The van der Waals surface area contributed by atoms with Crippen LogP contribution in [0.1, 0.15) is 45.4 Å². The lowest BCUT2D eigenvalue weighted by molar-refractivity contribution is -0.117. The number of carbonyl (C=O) groups is 3. The summed E-state index contributed by atoms with van der Waals surface area (Å²) in [6.07, 6.45) is 0.708. The summed E-state index contributed by atoms with van der Waals surface area (Å²) < 4.78 is 14.9.